The molecule has 0 atom stereocenters. The van der Waals surface area contributed by atoms with Crippen LogP contribution in [0.15, 0.2) is 46.7 Å². The van der Waals surface area contributed by atoms with Gasteiger partial charge in [-0.2, -0.15) is 0 Å². The van der Waals surface area contributed by atoms with E-state index in [1.165, 1.54) is 22.3 Å². The van der Waals surface area contributed by atoms with Crippen molar-refractivity contribution in [2.45, 2.75) is 45.1 Å². The van der Waals surface area contributed by atoms with E-state index in [-0.39, 0.29) is 0 Å². The fourth-order valence-electron chi connectivity index (χ4n) is 3.08. The van der Waals surface area contributed by atoms with Gasteiger partial charge in [0.15, 0.2) is 11.0 Å². The first-order valence-electron chi connectivity index (χ1n) is 8.29. The van der Waals surface area contributed by atoms with Crippen molar-refractivity contribution >= 4 is 11.8 Å². The molecule has 0 saturated carbocycles. The van der Waals surface area contributed by atoms with Gasteiger partial charge < -0.3 is 4.42 Å². The summed E-state index contributed by atoms with van der Waals surface area (Å²) in [6.07, 6.45) is 3.55. The van der Waals surface area contributed by atoms with Crippen LogP contribution in [0.4, 0.5) is 0 Å². The van der Waals surface area contributed by atoms with Gasteiger partial charge in [-0.15, -0.1) is 16.8 Å². The number of furan rings is 1. The summed E-state index contributed by atoms with van der Waals surface area (Å²) in [5, 5.41) is 9.70. The van der Waals surface area contributed by atoms with Crippen LogP contribution in [-0.4, -0.2) is 14.8 Å². The highest BCUT2D eigenvalue weighted by atomic mass is 32.2. The van der Waals surface area contributed by atoms with E-state index in [1.807, 2.05) is 19.1 Å². The largest absolute Gasteiger partial charge is 0.469 e. The van der Waals surface area contributed by atoms with Crippen LogP contribution in [-0.2, 0) is 12.3 Å². The minimum Gasteiger partial charge on any atom is -0.469 e. The van der Waals surface area contributed by atoms with Crippen molar-refractivity contribution in [3.05, 3.63) is 65.1 Å². The van der Waals surface area contributed by atoms with Crippen molar-refractivity contribution in [2.75, 3.05) is 0 Å². The van der Waals surface area contributed by atoms with Crippen molar-refractivity contribution < 1.29 is 4.42 Å². The topological polar surface area (TPSA) is 43.9 Å². The Morgan fingerprint density at radius 2 is 1.88 bits per heavy atom. The summed E-state index contributed by atoms with van der Waals surface area (Å²) in [5.74, 6) is 2.54. The van der Waals surface area contributed by atoms with Gasteiger partial charge in [-0.25, -0.2) is 0 Å². The number of aryl methyl sites for hydroxylation is 4. The van der Waals surface area contributed by atoms with Gasteiger partial charge in [0.2, 0.25) is 0 Å². The first-order chi connectivity index (χ1) is 12.0. The standard InChI is InChI=1S/C20H23N3OS/c1-6-8-23-19(17-7-9-24-16(17)5)21-22-20(23)25-12-18-14(3)10-13(2)11-15(18)4/h6-7,9-11H,1,8,12H2,2-5H3. The summed E-state index contributed by atoms with van der Waals surface area (Å²) in [6, 6.07) is 6.40. The van der Waals surface area contributed by atoms with Gasteiger partial charge in [0.1, 0.15) is 5.76 Å². The first-order valence-corrected chi connectivity index (χ1v) is 9.28. The van der Waals surface area contributed by atoms with Crippen molar-refractivity contribution in [1.29, 1.82) is 0 Å². The van der Waals surface area contributed by atoms with Crippen LogP contribution < -0.4 is 0 Å². The summed E-state index contributed by atoms with van der Waals surface area (Å²) < 4.78 is 7.51. The molecular weight excluding hydrogens is 330 g/mol. The summed E-state index contributed by atoms with van der Waals surface area (Å²) in [5.41, 5.74) is 6.29. The number of hydrogen-bond acceptors (Lipinski definition) is 4. The van der Waals surface area contributed by atoms with Crippen LogP contribution in [0.3, 0.4) is 0 Å². The van der Waals surface area contributed by atoms with Crippen LogP contribution in [0, 0.1) is 27.7 Å². The van der Waals surface area contributed by atoms with Crippen molar-refractivity contribution in [3.63, 3.8) is 0 Å². The number of rotatable bonds is 6. The molecule has 1 aromatic carbocycles. The van der Waals surface area contributed by atoms with Gasteiger partial charge in [0, 0.05) is 12.3 Å². The fraction of sp³-hybridized carbons (Fsp3) is 0.300. The average molecular weight is 353 g/mol. The molecule has 0 aliphatic rings. The third-order valence-electron chi connectivity index (χ3n) is 4.31. The monoisotopic (exact) mass is 353 g/mol. The molecule has 130 valence electrons. The van der Waals surface area contributed by atoms with Gasteiger partial charge >= 0.3 is 0 Å². The Kier molecular flexibility index (Phi) is 5.13. The zero-order valence-corrected chi connectivity index (χ0v) is 16.0. The molecule has 0 aliphatic carbocycles. The maximum Gasteiger partial charge on any atom is 0.192 e. The molecule has 0 bridgehead atoms. The Bertz CT molecular complexity index is 885. The van der Waals surface area contributed by atoms with Crippen LogP contribution >= 0.6 is 11.8 Å². The number of thioether (sulfide) groups is 1. The quantitative estimate of drug-likeness (QED) is 0.448. The number of nitrogens with zero attached hydrogens (tertiary/aromatic N) is 3. The van der Waals surface area contributed by atoms with E-state index in [0.717, 1.165) is 28.1 Å². The van der Waals surface area contributed by atoms with Gasteiger partial charge in [0.25, 0.3) is 0 Å². The first kappa shape index (κ1) is 17.5. The number of allylic oxidation sites excluding steroid dienone is 1. The van der Waals surface area contributed by atoms with E-state index >= 15 is 0 Å². The molecule has 5 heteroatoms. The molecule has 3 aromatic rings. The zero-order valence-electron chi connectivity index (χ0n) is 15.2. The van der Waals surface area contributed by atoms with Gasteiger partial charge in [-0.1, -0.05) is 35.5 Å². The van der Waals surface area contributed by atoms with Gasteiger partial charge in [-0.3, -0.25) is 4.57 Å². The van der Waals surface area contributed by atoms with Crippen LogP contribution in [0.2, 0.25) is 0 Å². The second kappa shape index (κ2) is 7.31. The van der Waals surface area contributed by atoms with Crippen LogP contribution in [0.25, 0.3) is 11.4 Å². The molecule has 0 radical (unpaired) electrons. The molecule has 0 N–H and O–H groups in total. The van der Waals surface area contributed by atoms with E-state index in [0.29, 0.717) is 6.54 Å². The maximum absolute atomic E-state index is 5.42. The Hall–Kier alpha value is -2.27. The smallest absolute Gasteiger partial charge is 0.192 e. The minimum atomic E-state index is 0.668. The summed E-state index contributed by atoms with van der Waals surface area (Å²) >= 11 is 1.71. The van der Waals surface area contributed by atoms with E-state index < -0.39 is 0 Å². The predicted octanol–water partition coefficient (Wildman–Crippen LogP) is 5.25. The Balaban J connectivity index is 1.90. The van der Waals surface area contributed by atoms with E-state index in [4.69, 9.17) is 4.42 Å². The molecule has 0 saturated heterocycles. The molecule has 0 amide bonds. The number of hydrogen-bond donors (Lipinski definition) is 0. The highest BCUT2D eigenvalue weighted by Crippen LogP contribution is 2.30. The normalized spacial score (nSPS) is 11.0. The highest BCUT2D eigenvalue weighted by Gasteiger charge is 2.17. The second-order valence-electron chi connectivity index (χ2n) is 6.26. The fourth-order valence-corrected chi connectivity index (χ4v) is 4.22. The summed E-state index contributed by atoms with van der Waals surface area (Å²) in [6.45, 7) is 13.0. The molecule has 2 heterocycles. The van der Waals surface area contributed by atoms with Crippen molar-refractivity contribution in [3.8, 4) is 11.4 Å². The molecule has 0 spiro atoms. The lowest BCUT2D eigenvalue weighted by Gasteiger charge is -2.11. The predicted molar refractivity (Wildman–Crippen MR) is 103 cm³/mol. The average Bonchev–Trinajstić information content (AvgIpc) is 3.13. The molecule has 3 rings (SSSR count). The molecular formula is C20H23N3OS. The molecule has 25 heavy (non-hydrogen) atoms. The highest BCUT2D eigenvalue weighted by molar-refractivity contribution is 7.98. The maximum atomic E-state index is 5.42. The third kappa shape index (κ3) is 3.56. The third-order valence-corrected chi connectivity index (χ3v) is 5.31. The summed E-state index contributed by atoms with van der Waals surface area (Å²) in [7, 11) is 0. The molecule has 0 unspecified atom stereocenters. The minimum absolute atomic E-state index is 0.668. The number of aromatic nitrogens is 3. The summed E-state index contributed by atoms with van der Waals surface area (Å²) in [4.78, 5) is 0. The van der Waals surface area contributed by atoms with E-state index in [1.54, 1.807) is 18.0 Å². The lowest BCUT2D eigenvalue weighted by molar-refractivity contribution is 0.534. The molecule has 0 aliphatic heterocycles. The second-order valence-corrected chi connectivity index (χ2v) is 7.20. The Morgan fingerprint density at radius 3 is 2.48 bits per heavy atom. The van der Waals surface area contributed by atoms with Gasteiger partial charge in [-0.05, 0) is 50.5 Å². The van der Waals surface area contributed by atoms with E-state index in [9.17, 15) is 0 Å². The SMILES string of the molecule is C=CCn1c(SCc2c(C)cc(C)cc2C)nnc1-c1ccoc1C. The lowest BCUT2D eigenvalue weighted by Crippen LogP contribution is -2.01. The van der Waals surface area contributed by atoms with Crippen LogP contribution in [0.5, 0.6) is 0 Å². The number of benzene rings is 1. The van der Waals surface area contributed by atoms with Gasteiger partial charge in [0.05, 0.1) is 11.8 Å². The molecule has 0 fully saturated rings. The van der Waals surface area contributed by atoms with Crippen molar-refractivity contribution in [2.24, 2.45) is 0 Å². The Morgan fingerprint density at radius 1 is 1.16 bits per heavy atom. The van der Waals surface area contributed by atoms with Crippen molar-refractivity contribution in [1.82, 2.24) is 14.8 Å². The lowest BCUT2D eigenvalue weighted by atomic mass is 10.0. The Labute approximate surface area is 153 Å². The molecule has 4 nitrogen and oxygen atoms in total. The van der Waals surface area contributed by atoms with E-state index in [2.05, 4.69) is 54.2 Å². The van der Waals surface area contributed by atoms with Crippen LogP contribution in [0.1, 0.15) is 28.0 Å². The molecule has 2 aromatic heterocycles. The zero-order chi connectivity index (χ0) is 18.0.